The van der Waals surface area contributed by atoms with Crippen molar-refractivity contribution < 1.29 is 17.6 Å². The van der Waals surface area contributed by atoms with Crippen LogP contribution >= 0.6 is 34.3 Å². The molecule has 11 heteroatoms. The van der Waals surface area contributed by atoms with Gasteiger partial charge in [0.1, 0.15) is 10.0 Å². The summed E-state index contributed by atoms with van der Waals surface area (Å²) in [6.07, 6.45) is 0. The van der Waals surface area contributed by atoms with E-state index in [4.69, 9.17) is 11.6 Å². The van der Waals surface area contributed by atoms with Gasteiger partial charge < -0.3 is 5.32 Å². The normalized spacial score (nSPS) is 11.8. The van der Waals surface area contributed by atoms with Gasteiger partial charge >= 0.3 is 0 Å². The molecular weight excluding hydrogens is 445 g/mol. The first-order valence-corrected chi connectivity index (χ1v) is 11.4. The van der Waals surface area contributed by atoms with Crippen LogP contribution in [-0.4, -0.2) is 37.2 Å². The van der Waals surface area contributed by atoms with E-state index >= 15 is 0 Å². The van der Waals surface area contributed by atoms with Crippen molar-refractivity contribution in [3.05, 3.63) is 51.4 Å². The molecule has 3 aromatic rings. The van der Waals surface area contributed by atoms with Crippen molar-refractivity contribution in [3.63, 3.8) is 0 Å². The average molecular weight is 460 g/mol. The molecule has 1 N–H and O–H groups in total. The zero-order valence-electron chi connectivity index (χ0n) is 14.8. The molecule has 148 valence electrons. The largest absolute Gasteiger partial charge is 0.301 e. The van der Waals surface area contributed by atoms with E-state index in [-0.39, 0.29) is 16.6 Å². The molecule has 0 aliphatic carbocycles. The molecule has 1 amide bonds. The zero-order valence-corrected chi connectivity index (χ0v) is 18.0. The first-order valence-electron chi connectivity index (χ1n) is 7.91. The average Bonchev–Trinajstić information content (AvgIpc) is 3.21. The number of thiazole rings is 1. The smallest absolute Gasteiger partial charge is 0.252 e. The van der Waals surface area contributed by atoms with Crippen molar-refractivity contribution in [2.45, 2.75) is 11.1 Å². The Balaban J connectivity index is 1.70. The molecule has 0 aliphatic rings. The maximum atomic E-state index is 13.1. The van der Waals surface area contributed by atoms with Gasteiger partial charge in [-0.15, -0.1) is 22.7 Å². The second kappa shape index (κ2) is 8.26. The highest BCUT2D eigenvalue weighted by Crippen LogP contribution is 2.31. The molecule has 2 heterocycles. The number of anilines is 1. The summed E-state index contributed by atoms with van der Waals surface area (Å²) in [5.74, 6) is -0.866. The molecule has 0 atom stereocenters. The van der Waals surface area contributed by atoms with Crippen LogP contribution in [0.3, 0.4) is 0 Å². The number of nitrogens with zero attached hydrogens (tertiary/aromatic N) is 2. The number of carbonyl (C=O) groups is 1. The number of thiophene rings is 1. The lowest BCUT2D eigenvalue weighted by Crippen LogP contribution is -2.34. The Bertz CT molecular complexity index is 1110. The van der Waals surface area contributed by atoms with Gasteiger partial charge in [0.05, 0.1) is 16.6 Å². The van der Waals surface area contributed by atoms with Crippen molar-refractivity contribution in [1.82, 2.24) is 9.29 Å². The first-order chi connectivity index (χ1) is 13.2. The van der Waals surface area contributed by atoms with E-state index < -0.39 is 15.9 Å². The fraction of sp³-hybridized carbons (Fsp3) is 0.176. The Kier molecular flexibility index (Phi) is 6.15. The first kappa shape index (κ1) is 20.9. The number of rotatable bonds is 6. The second-order valence-corrected chi connectivity index (χ2v) is 11.0. The van der Waals surface area contributed by atoms with Crippen LogP contribution in [0, 0.1) is 12.7 Å². The van der Waals surface area contributed by atoms with Crippen LogP contribution in [0.25, 0.3) is 11.3 Å². The second-order valence-electron chi connectivity index (χ2n) is 5.80. The fourth-order valence-corrected chi connectivity index (χ4v) is 6.03. The fourth-order valence-electron chi connectivity index (χ4n) is 2.36. The van der Waals surface area contributed by atoms with E-state index in [1.54, 1.807) is 12.1 Å². The van der Waals surface area contributed by atoms with E-state index in [9.17, 15) is 17.6 Å². The summed E-state index contributed by atoms with van der Waals surface area (Å²) in [6.45, 7) is 1.46. The Hall–Kier alpha value is -1.85. The van der Waals surface area contributed by atoms with E-state index in [1.165, 1.54) is 42.6 Å². The Morgan fingerprint density at radius 2 is 1.89 bits per heavy atom. The summed E-state index contributed by atoms with van der Waals surface area (Å²) < 4.78 is 39.4. The van der Waals surface area contributed by atoms with Gasteiger partial charge in [0, 0.05) is 17.5 Å². The number of sulfonamides is 1. The summed E-state index contributed by atoms with van der Waals surface area (Å²) in [4.78, 5) is 17.5. The number of likely N-dealkylation sites (N-methyl/N-ethyl adjacent to an activating group) is 1. The Morgan fingerprint density at radius 3 is 2.50 bits per heavy atom. The van der Waals surface area contributed by atoms with Gasteiger partial charge in [0.15, 0.2) is 5.13 Å². The van der Waals surface area contributed by atoms with Crippen molar-refractivity contribution in [3.8, 4) is 11.3 Å². The van der Waals surface area contributed by atoms with E-state index in [0.29, 0.717) is 15.2 Å². The van der Waals surface area contributed by atoms with Crippen LogP contribution in [0.2, 0.25) is 4.34 Å². The highest BCUT2D eigenvalue weighted by Gasteiger charge is 2.25. The van der Waals surface area contributed by atoms with Crippen molar-refractivity contribution in [1.29, 1.82) is 0 Å². The Morgan fingerprint density at radius 1 is 1.21 bits per heavy atom. The number of aryl methyl sites for hydroxylation is 1. The predicted octanol–water partition coefficient (Wildman–Crippen LogP) is 4.23. The number of hydrogen-bond donors (Lipinski definition) is 1. The third-order valence-electron chi connectivity index (χ3n) is 3.74. The summed E-state index contributed by atoms with van der Waals surface area (Å²) in [5.41, 5.74) is 1.36. The van der Waals surface area contributed by atoms with Gasteiger partial charge in [-0.05, 0) is 43.3 Å². The van der Waals surface area contributed by atoms with E-state index in [2.05, 4.69) is 10.3 Å². The van der Waals surface area contributed by atoms with Gasteiger partial charge in [-0.1, -0.05) is 11.6 Å². The number of amides is 1. The van der Waals surface area contributed by atoms with Gasteiger partial charge in [-0.2, -0.15) is 4.31 Å². The minimum Gasteiger partial charge on any atom is -0.301 e. The molecule has 6 nitrogen and oxygen atoms in total. The molecule has 0 aliphatic heterocycles. The number of benzene rings is 1. The van der Waals surface area contributed by atoms with Crippen LogP contribution in [0.15, 0.2) is 40.6 Å². The maximum absolute atomic E-state index is 13.1. The number of halogens is 2. The minimum absolute atomic E-state index is 0.0662. The third-order valence-corrected chi connectivity index (χ3v) is 8.13. The lowest BCUT2D eigenvalue weighted by atomic mass is 10.1. The number of aromatic nitrogens is 1. The number of hydrogen-bond acceptors (Lipinski definition) is 6. The molecular formula is C17H15ClFN3O3S3. The van der Waals surface area contributed by atoms with Crippen LogP contribution in [0.5, 0.6) is 0 Å². The molecule has 0 bridgehead atoms. The lowest BCUT2D eigenvalue weighted by molar-refractivity contribution is -0.116. The minimum atomic E-state index is -3.80. The summed E-state index contributed by atoms with van der Waals surface area (Å²) >= 11 is 7.97. The van der Waals surface area contributed by atoms with E-state index in [1.807, 2.05) is 6.92 Å². The highest BCUT2D eigenvalue weighted by molar-refractivity contribution is 7.91. The molecule has 1 aromatic carbocycles. The molecule has 0 fully saturated rings. The Labute approximate surface area is 174 Å². The topological polar surface area (TPSA) is 79.4 Å². The van der Waals surface area contributed by atoms with Crippen LogP contribution in [-0.2, 0) is 14.8 Å². The van der Waals surface area contributed by atoms with Crippen molar-refractivity contribution in [2.24, 2.45) is 0 Å². The monoisotopic (exact) mass is 459 g/mol. The van der Waals surface area contributed by atoms with E-state index in [0.717, 1.165) is 26.1 Å². The zero-order chi connectivity index (χ0) is 20.5. The molecule has 2 aromatic heterocycles. The van der Waals surface area contributed by atoms with Crippen LogP contribution in [0.4, 0.5) is 9.52 Å². The van der Waals surface area contributed by atoms with Gasteiger partial charge in [0.2, 0.25) is 5.91 Å². The maximum Gasteiger partial charge on any atom is 0.252 e. The quantitative estimate of drug-likeness (QED) is 0.598. The predicted molar refractivity (Wildman–Crippen MR) is 110 cm³/mol. The molecule has 3 rings (SSSR count). The third kappa shape index (κ3) is 4.58. The van der Waals surface area contributed by atoms with Gasteiger partial charge in [0.25, 0.3) is 10.0 Å². The molecule has 0 unspecified atom stereocenters. The summed E-state index contributed by atoms with van der Waals surface area (Å²) in [6, 6.07) is 8.77. The van der Waals surface area contributed by atoms with Crippen molar-refractivity contribution >= 4 is 55.3 Å². The van der Waals surface area contributed by atoms with Crippen LogP contribution < -0.4 is 5.32 Å². The van der Waals surface area contributed by atoms with Gasteiger partial charge in [-0.3, -0.25) is 4.79 Å². The van der Waals surface area contributed by atoms with Crippen LogP contribution in [0.1, 0.15) is 4.88 Å². The number of carbonyl (C=O) groups excluding carboxylic acids is 1. The molecule has 0 saturated heterocycles. The molecule has 0 saturated carbocycles. The van der Waals surface area contributed by atoms with Gasteiger partial charge in [-0.25, -0.2) is 17.8 Å². The van der Waals surface area contributed by atoms with Crippen molar-refractivity contribution in [2.75, 3.05) is 18.9 Å². The molecule has 0 radical (unpaired) electrons. The highest BCUT2D eigenvalue weighted by atomic mass is 35.5. The number of nitrogens with one attached hydrogen (secondary N) is 1. The molecule has 28 heavy (non-hydrogen) atoms. The SMILES string of the molecule is Cc1sc(NC(=O)CN(C)S(=O)(=O)c2ccc(Cl)s2)nc1-c1ccc(F)cc1. The summed E-state index contributed by atoms with van der Waals surface area (Å²) in [5, 5.41) is 2.95. The summed E-state index contributed by atoms with van der Waals surface area (Å²) in [7, 11) is -2.48. The lowest BCUT2D eigenvalue weighted by Gasteiger charge is -2.15. The standard InChI is InChI=1S/C17H15ClFN3O3S3/c1-10-16(11-3-5-12(19)6-4-11)21-17(26-10)20-14(23)9-22(2)28(24,25)15-8-7-13(18)27-15/h3-8H,9H2,1-2H3,(H,20,21,23). The molecule has 0 spiro atoms.